The van der Waals surface area contributed by atoms with E-state index in [1.54, 1.807) is 25.1 Å². The zero-order valence-electron chi connectivity index (χ0n) is 9.15. The zero-order valence-corrected chi connectivity index (χ0v) is 9.91. The largest absolute Gasteiger partial charge is 0.494 e. The summed E-state index contributed by atoms with van der Waals surface area (Å²) >= 11 is 5.53. The van der Waals surface area contributed by atoms with Gasteiger partial charge >= 0.3 is 5.97 Å². The van der Waals surface area contributed by atoms with E-state index in [1.807, 2.05) is 6.07 Å². The summed E-state index contributed by atoms with van der Waals surface area (Å²) in [5, 5.41) is 8.88. The summed E-state index contributed by atoms with van der Waals surface area (Å²) in [5.74, 6) is -0.101. The number of aliphatic carboxylic acids is 1. The highest BCUT2D eigenvalue weighted by Crippen LogP contribution is 2.21. The van der Waals surface area contributed by atoms with Crippen LogP contribution in [0.2, 0.25) is 0 Å². The van der Waals surface area contributed by atoms with E-state index in [2.05, 4.69) is 0 Å². The molecule has 1 aromatic rings. The Morgan fingerprint density at radius 1 is 1.56 bits per heavy atom. The molecule has 0 aromatic heterocycles. The fourth-order valence-corrected chi connectivity index (χ4v) is 1.37. The van der Waals surface area contributed by atoms with E-state index in [9.17, 15) is 4.79 Å². The van der Waals surface area contributed by atoms with Gasteiger partial charge in [-0.15, -0.1) is 11.6 Å². The molecule has 1 atom stereocenters. The minimum absolute atomic E-state index is 0.517. The van der Waals surface area contributed by atoms with E-state index in [0.29, 0.717) is 18.2 Å². The molecule has 0 heterocycles. The number of alkyl halides is 1. The second-order valence-corrected chi connectivity index (χ2v) is 3.90. The first-order valence-corrected chi connectivity index (χ1v) is 5.70. The van der Waals surface area contributed by atoms with E-state index in [0.717, 1.165) is 12.0 Å². The van der Waals surface area contributed by atoms with Gasteiger partial charge in [0, 0.05) is 5.88 Å². The first kappa shape index (κ1) is 12.8. The topological polar surface area (TPSA) is 46.5 Å². The Hall–Kier alpha value is -1.22. The van der Waals surface area contributed by atoms with Crippen LogP contribution in [0.25, 0.3) is 0 Å². The molecule has 1 rings (SSSR count). The number of ether oxygens (including phenoxy) is 1. The third kappa shape index (κ3) is 3.74. The summed E-state index contributed by atoms with van der Waals surface area (Å²) in [6, 6.07) is 7.15. The zero-order chi connectivity index (χ0) is 12.0. The second-order valence-electron chi connectivity index (χ2n) is 3.52. The highest BCUT2D eigenvalue weighted by atomic mass is 35.5. The predicted octanol–water partition coefficient (Wildman–Crippen LogP) is 2.88. The van der Waals surface area contributed by atoms with Crippen LogP contribution in [-0.2, 0) is 4.79 Å². The minimum atomic E-state index is -0.835. The average molecular weight is 243 g/mol. The van der Waals surface area contributed by atoms with Crippen molar-refractivity contribution < 1.29 is 14.6 Å². The normalized spacial score (nSPS) is 12.1. The standard InChI is InChI=1S/C12H15ClO3/c1-9(12(14)15)10-4-2-5-11(8-10)16-7-3-6-13/h2,4-5,8-9H,3,6-7H2,1H3,(H,14,15). The number of rotatable bonds is 6. The lowest BCUT2D eigenvalue weighted by Gasteiger charge is -2.09. The molecule has 16 heavy (non-hydrogen) atoms. The highest BCUT2D eigenvalue weighted by molar-refractivity contribution is 6.17. The van der Waals surface area contributed by atoms with Gasteiger partial charge in [-0.25, -0.2) is 0 Å². The van der Waals surface area contributed by atoms with Gasteiger partial charge in [0.1, 0.15) is 5.75 Å². The number of hydrogen-bond donors (Lipinski definition) is 1. The van der Waals surface area contributed by atoms with Gasteiger partial charge in [-0.3, -0.25) is 4.79 Å². The lowest BCUT2D eigenvalue weighted by Crippen LogP contribution is -2.07. The number of benzene rings is 1. The van der Waals surface area contributed by atoms with Gasteiger partial charge in [0.15, 0.2) is 0 Å². The summed E-state index contributed by atoms with van der Waals surface area (Å²) in [7, 11) is 0. The molecule has 88 valence electrons. The van der Waals surface area contributed by atoms with Crippen molar-refractivity contribution in [3.63, 3.8) is 0 Å². The van der Waals surface area contributed by atoms with E-state index < -0.39 is 11.9 Å². The molecule has 4 heteroatoms. The van der Waals surface area contributed by atoms with Crippen molar-refractivity contribution in [2.75, 3.05) is 12.5 Å². The van der Waals surface area contributed by atoms with Crippen LogP contribution in [0.4, 0.5) is 0 Å². The van der Waals surface area contributed by atoms with Gasteiger partial charge < -0.3 is 9.84 Å². The molecular weight excluding hydrogens is 228 g/mol. The molecule has 0 amide bonds. The van der Waals surface area contributed by atoms with E-state index >= 15 is 0 Å². The second kappa shape index (κ2) is 6.38. The Labute approximate surface area is 100.0 Å². The molecular formula is C12H15ClO3. The number of carboxylic acids is 1. The van der Waals surface area contributed by atoms with Gasteiger partial charge in [0.25, 0.3) is 0 Å². The van der Waals surface area contributed by atoms with E-state index in [-0.39, 0.29) is 0 Å². The van der Waals surface area contributed by atoms with Crippen molar-refractivity contribution in [2.45, 2.75) is 19.3 Å². The average Bonchev–Trinajstić information content (AvgIpc) is 2.29. The lowest BCUT2D eigenvalue weighted by atomic mass is 10.0. The lowest BCUT2D eigenvalue weighted by molar-refractivity contribution is -0.138. The van der Waals surface area contributed by atoms with Crippen LogP contribution in [0.15, 0.2) is 24.3 Å². The molecule has 0 aliphatic heterocycles. The molecule has 0 saturated heterocycles. The Balaban J connectivity index is 2.67. The maximum Gasteiger partial charge on any atom is 0.310 e. The van der Waals surface area contributed by atoms with Crippen LogP contribution < -0.4 is 4.74 Å². The monoisotopic (exact) mass is 242 g/mol. The molecule has 1 N–H and O–H groups in total. The molecule has 1 unspecified atom stereocenters. The van der Waals surface area contributed by atoms with Crippen LogP contribution >= 0.6 is 11.6 Å². The summed E-state index contributed by atoms with van der Waals surface area (Å²) in [4.78, 5) is 10.8. The number of halogens is 1. The fourth-order valence-electron chi connectivity index (χ4n) is 1.26. The maximum absolute atomic E-state index is 10.8. The van der Waals surface area contributed by atoms with Gasteiger partial charge in [-0.05, 0) is 31.0 Å². The van der Waals surface area contributed by atoms with Gasteiger partial charge in [-0.1, -0.05) is 12.1 Å². The molecule has 0 aliphatic rings. The SMILES string of the molecule is CC(C(=O)O)c1cccc(OCCCCl)c1. The quantitative estimate of drug-likeness (QED) is 0.616. The predicted molar refractivity (Wildman–Crippen MR) is 63.3 cm³/mol. The van der Waals surface area contributed by atoms with Crippen LogP contribution in [0.1, 0.15) is 24.8 Å². The van der Waals surface area contributed by atoms with Crippen molar-refractivity contribution in [1.82, 2.24) is 0 Å². The van der Waals surface area contributed by atoms with Crippen LogP contribution in [0.5, 0.6) is 5.75 Å². The fraction of sp³-hybridized carbons (Fsp3) is 0.417. The molecule has 0 aliphatic carbocycles. The molecule has 0 spiro atoms. The first-order chi connectivity index (χ1) is 7.65. The Bertz CT molecular complexity index is 352. The third-order valence-corrected chi connectivity index (χ3v) is 2.54. The summed E-state index contributed by atoms with van der Waals surface area (Å²) in [6.07, 6.45) is 0.778. The van der Waals surface area contributed by atoms with Crippen molar-refractivity contribution in [2.24, 2.45) is 0 Å². The van der Waals surface area contributed by atoms with E-state index in [1.165, 1.54) is 0 Å². The van der Waals surface area contributed by atoms with Crippen molar-refractivity contribution >= 4 is 17.6 Å². The summed E-state index contributed by atoms with van der Waals surface area (Å²) in [5.41, 5.74) is 0.746. The van der Waals surface area contributed by atoms with Crippen LogP contribution in [-0.4, -0.2) is 23.6 Å². The molecule has 0 saturated carbocycles. The van der Waals surface area contributed by atoms with Gasteiger partial charge in [0.2, 0.25) is 0 Å². The van der Waals surface area contributed by atoms with Crippen molar-refractivity contribution in [3.8, 4) is 5.75 Å². The first-order valence-electron chi connectivity index (χ1n) is 5.16. The Kier molecular flexibility index (Phi) is 5.12. The molecule has 0 radical (unpaired) electrons. The number of carbonyl (C=O) groups is 1. The summed E-state index contributed by atoms with van der Waals surface area (Å²) < 4.78 is 5.44. The smallest absolute Gasteiger partial charge is 0.310 e. The molecule has 0 bridgehead atoms. The van der Waals surface area contributed by atoms with Gasteiger partial charge in [0.05, 0.1) is 12.5 Å². The Morgan fingerprint density at radius 3 is 2.94 bits per heavy atom. The number of carboxylic acid groups (broad SMARTS) is 1. The summed E-state index contributed by atoms with van der Waals surface area (Å²) in [6.45, 7) is 2.20. The molecule has 1 aromatic carbocycles. The maximum atomic E-state index is 10.8. The van der Waals surface area contributed by atoms with Crippen LogP contribution in [0, 0.1) is 0 Å². The third-order valence-electron chi connectivity index (χ3n) is 2.28. The number of hydrogen-bond acceptors (Lipinski definition) is 2. The molecule has 0 fully saturated rings. The van der Waals surface area contributed by atoms with Crippen molar-refractivity contribution in [1.29, 1.82) is 0 Å². The highest BCUT2D eigenvalue weighted by Gasteiger charge is 2.13. The molecule has 3 nitrogen and oxygen atoms in total. The minimum Gasteiger partial charge on any atom is -0.494 e. The van der Waals surface area contributed by atoms with E-state index in [4.69, 9.17) is 21.4 Å². The Morgan fingerprint density at radius 2 is 2.31 bits per heavy atom. The van der Waals surface area contributed by atoms with Crippen LogP contribution in [0.3, 0.4) is 0 Å². The van der Waals surface area contributed by atoms with Crippen molar-refractivity contribution in [3.05, 3.63) is 29.8 Å². The van der Waals surface area contributed by atoms with Gasteiger partial charge in [-0.2, -0.15) is 0 Å².